The average molecular weight is 267 g/mol. The first-order valence-corrected chi connectivity index (χ1v) is 6.83. The lowest BCUT2D eigenvalue weighted by Gasteiger charge is -2.13. The fourth-order valence-corrected chi connectivity index (χ4v) is 2.48. The highest BCUT2D eigenvalue weighted by atomic mass is 35.5. The number of carbonyl (C=O) groups is 1. The van der Waals surface area contributed by atoms with Gasteiger partial charge in [-0.3, -0.25) is 4.79 Å². The second kappa shape index (κ2) is 6.21. The topological polar surface area (TPSA) is 41.1 Å². The summed E-state index contributed by atoms with van der Waals surface area (Å²) in [6.45, 7) is 2.28. The Morgan fingerprint density at radius 3 is 2.83 bits per heavy atom. The molecule has 0 atom stereocenters. The maximum absolute atomic E-state index is 11.8. The minimum atomic E-state index is -0.00716. The van der Waals surface area contributed by atoms with Gasteiger partial charge in [-0.15, -0.1) is 0 Å². The van der Waals surface area contributed by atoms with Gasteiger partial charge in [0.2, 0.25) is 5.91 Å². The monoisotopic (exact) mass is 266 g/mol. The number of halogens is 1. The highest BCUT2D eigenvalue weighted by molar-refractivity contribution is 6.31. The van der Waals surface area contributed by atoms with Gasteiger partial charge in [0.05, 0.1) is 6.54 Å². The molecule has 1 aliphatic rings. The van der Waals surface area contributed by atoms with Crippen LogP contribution in [0, 0.1) is 6.92 Å². The van der Waals surface area contributed by atoms with Crippen LogP contribution in [0.1, 0.15) is 31.2 Å². The number of carbonyl (C=O) groups excluding carboxylic acids is 1. The maximum Gasteiger partial charge on any atom is 0.238 e. The molecule has 1 aromatic carbocycles. The van der Waals surface area contributed by atoms with Gasteiger partial charge >= 0.3 is 0 Å². The Hall–Kier alpha value is -1.06. The molecule has 2 rings (SSSR count). The fourth-order valence-electron chi connectivity index (χ4n) is 2.30. The van der Waals surface area contributed by atoms with Crippen molar-refractivity contribution >= 4 is 23.2 Å². The minimum absolute atomic E-state index is 0.00716. The van der Waals surface area contributed by atoms with Gasteiger partial charge in [0.15, 0.2) is 0 Å². The van der Waals surface area contributed by atoms with Crippen molar-refractivity contribution in [2.45, 2.75) is 38.6 Å². The zero-order valence-electron chi connectivity index (χ0n) is 10.6. The largest absolute Gasteiger partial charge is 0.325 e. The molecule has 98 valence electrons. The molecule has 3 nitrogen and oxygen atoms in total. The Morgan fingerprint density at radius 2 is 2.11 bits per heavy atom. The van der Waals surface area contributed by atoms with Crippen LogP contribution in [0.15, 0.2) is 18.2 Å². The lowest BCUT2D eigenvalue weighted by Crippen LogP contribution is -2.34. The summed E-state index contributed by atoms with van der Waals surface area (Å²) in [5.74, 6) is -0.00716. The number of anilines is 1. The van der Waals surface area contributed by atoms with E-state index in [2.05, 4.69) is 10.6 Å². The molecule has 0 aromatic heterocycles. The van der Waals surface area contributed by atoms with Crippen LogP contribution in [-0.4, -0.2) is 18.5 Å². The predicted octanol–water partition coefficient (Wildman–Crippen LogP) is 3.12. The predicted molar refractivity (Wildman–Crippen MR) is 75.1 cm³/mol. The molecule has 0 saturated heterocycles. The maximum atomic E-state index is 11.8. The van der Waals surface area contributed by atoms with Gasteiger partial charge in [0, 0.05) is 16.8 Å². The number of nitrogens with one attached hydrogen (secondary N) is 2. The first-order chi connectivity index (χ1) is 8.66. The van der Waals surface area contributed by atoms with Gasteiger partial charge in [0.25, 0.3) is 0 Å². The van der Waals surface area contributed by atoms with E-state index in [1.165, 1.54) is 25.7 Å². The highest BCUT2D eigenvalue weighted by Gasteiger charge is 2.15. The van der Waals surface area contributed by atoms with Crippen LogP contribution in [0.3, 0.4) is 0 Å². The van der Waals surface area contributed by atoms with E-state index in [4.69, 9.17) is 11.6 Å². The Balaban J connectivity index is 1.84. The van der Waals surface area contributed by atoms with Crippen LogP contribution >= 0.6 is 11.6 Å². The van der Waals surface area contributed by atoms with Gasteiger partial charge in [-0.1, -0.05) is 30.5 Å². The van der Waals surface area contributed by atoms with Gasteiger partial charge in [-0.25, -0.2) is 0 Å². The molecule has 2 N–H and O–H groups in total. The van der Waals surface area contributed by atoms with Crippen molar-refractivity contribution in [2.24, 2.45) is 0 Å². The number of benzene rings is 1. The third kappa shape index (κ3) is 3.47. The fraction of sp³-hybridized carbons (Fsp3) is 0.500. The first-order valence-electron chi connectivity index (χ1n) is 6.45. The van der Waals surface area contributed by atoms with Gasteiger partial charge in [-0.2, -0.15) is 0 Å². The zero-order chi connectivity index (χ0) is 13.0. The summed E-state index contributed by atoms with van der Waals surface area (Å²) in [4.78, 5) is 11.8. The van der Waals surface area contributed by atoms with E-state index < -0.39 is 0 Å². The van der Waals surface area contributed by atoms with E-state index in [9.17, 15) is 4.79 Å². The molecule has 1 aromatic rings. The summed E-state index contributed by atoms with van der Waals surface area (Å²) in [5.41, 5.74) is 1.70. The minimum Gasteiger partial charge on any atom is -0.325 e. The SMILES string of the molecule is Cc1c(Cl)cccc1NC(=O)CNC1CCCC1. The van der Waals surface area contributed by atoms with E-state index in [-0.39, 0.29) is 5.91 Å². The molecule has 0 bridgehead atoms. The molecule has 1 saturated carbocycles. The second-order valence-electron chi connectivity index (χ2n) is 4.82. The van der Waals surface area contributed by atoms with E-state index in [0.29, 0.717) is 17.6 Å². The van der Waals surface area contributed by atoms with E-state index in [1.54, 1.807) is 0 Å². The van der Waals surface area contributed by atoms with E-state index in [0.717, 1.165) is 11.3 Å². The van der Waals surface area contributed by atoms with Crippen molar-refractivity contribution in [1.82, 2.24) is 5.32 Å². The molecular weight excluding hydrogens is 248 g/mol. The highest BCUT2D eigenvalue weighted by Crippen LogP contribution is 2.22. The number of hydrogen-bond acceptors (Lipinski definition) is 2. The molecule has 18 heavy (non-hydrogen) atoms. The lowest BCUT2D eigenvalue weighted by molar-refractivity contribution is -0.115. The van der Waals surface area contributed by atoms with Crippen LogP contribution in [-0.2, 0) is 4.79 Å². The molecule has 1 fully saturated rings. The van der Waals surface area contributed by atoms with Crippen LogP contribution in [0.25, 0.3) is 0 Å². The van der Waals surface area contributed by atoms with Crippen molar-refractivity contribution < 1.29 is 4.79 Å². The molecule has 1 amide bonds. The Morgan fingerprint density at radius 1 is 1.39 bits per heavy atom. The quantitative estimate of drug-likeness (QED) is 0.879. The Kier molecular flexibility index (Phi) is 4.61. The van der Waals surface area contributed by atoms with Crippen molar-refractivity contribution in [3.05, 3.63) is 28.8 Å². The average Bonchev–Trinajstić information content (AvgIpc) is 2.86. The number of rotatable bonds is 4. The normalized spacial score (nSPS) is 15.9. The van der Waals surface area contributed by atoms with E-state index >= 15 is 0 Å². The van der Waals surface area contributed by atoms with Gasteiger partial charge < -0.3 is 10.6 Å². The molecule has 0 heterocycles. The lowest BCUT2D eigenvalue weighted by atomic mass is 10.2. The van der Waals surface area contributed by atoms with Crippen LogP contribution in [0.4, 0.5) is 5.69 Å². The van der Waals surface area contributed by atoms with E-state index in [1.807, 2.05) is 25.1 Å². The van der Waals surface area contributed by atoms with Crippen molar-refractivity contribution in [3.8, 4) is 0 Å². The Labute approximate surface area is 113 Å². The summed E-state index contributed by atoms with van der Waals surface area (Å²) in [5, 5.41) is 6.86. The van der Waals surface area contributed by atoms with Crippen molar-refractivity contribution in [2.75, 3.05) is 11.9 Å². The first kappa shape index (κ1) is 13.4. The zero-order valence-corrected chi connectivity index (χ0v) is 11.4. The van der Waals surface area contributed by atoms with Crippen LogP contribution in [0.5, 0.6) is 0 Å². The third-order valence-electron chi connectivity index (χ3n) is 3.45. The summed E-state index contributed by atoms with van der Waals surface area (Å²) < 4.78 is 0. The van der Waals surface area contributed by atoms with Crippen LogP contribution in [0.2, 0.25) is 5.02 Å². The summed E-state index contributed by atoms with van der Waals surface area (Å²) in [6, 6.07) is 6.05. The van der Waals surface area contributed by atoms with Gasteiger partial charge in [-0.05, 0) is 37.5 Å². The molecular formula is C14H19ClN2O. The summed E-state index contributed by atoms with van der Waals surface area (Å²) >= 11 is 6.01. The molecule has 1 aliphatic carbocycles. The number of amides is 1. The van der Waals surface area contributed by atoms with Crippen LogP contribution < -0.4 is 10.6 Å². The Bertz CT molecular complexity index is 428. The molecule has 0 radical (unpaired) electrons. The van der Waals surface area contributed by atoms with Gasteiger partial charge in [0.1, 0.15) is 0 Å². The standard InChI is InChI=1S/C14H19ClN2O/c1-10-12(15)7-4-8-13(10)17-14(18)9-16-11-5-2-3-6-11/h4,7-8,11,16H,2-3,5-6,9H2,1H3,(H,17,18). The van der Waals surface area contributed by atoms with Crippen molar-refractivity contribution in [1.29, 1.82) is 0 Å². The number of hydrogen-bond donors (Lipinski definition) is 2. The molecule has 0 unspecified atom stereocenters. The summed E-state index contributed by atoms with van der Waals surface area (Å²) in [6.07, 6.45) is 4.91. The second-order valence-corrected chi connectivity index (χ2v) is 5.23. The molecule has 0 spiro atoms. The summed E-state index contributed by atoms with van der Waals surface area (Å²) in [7, 11) is 0. The molecule has 4 heteroatoms. The van der Waals surface area contributed by atoms with Crippen molar-refractivity contribution in [3.63, 3.8) is 0 Å². The smallest absolute Gasteiger partial charge is 0.238 e. The molecule has 0 aliphatic heterocycles. The third-order valence-corrected chi connectivity index (χ3v) is 3.86.